The van der Waals surface area contributed by atoms with Gasteiger partial charge in [0, 0.05) is 25.6 Å². The van der Waals surface area contributed by atoms with E-state index in [4.69, 9.17) is 0 Å². The summed E-state index contributed by atoms with van der Waals surface area (Å²) in [5.41, 5.74) is 1.48. The standard InChI is InChI=1S/C20H20N4O5/c1-24-8-6-16(25)18(19(24)28)23-20(29)22-15(10-17(26)27)13-4-2-3-12(9-13)14-5-7-21-11-14/h2-9,11,15,21,25H,10H2,1H3,(H,26,27)(H2,22,23,29). The number of aromatic amines is 1. The van der Waals surface area contributed by atoms with Crippen molar-refractivity contribution in [3.05, 3.63) is 70.9 Å². The Kier molecular flexibility index (Phi) is 5.68. The van der Waals surface area contributed by atoms with E-state index in [1.165, 1.54) is 23.9 Å². The molecule has 5 N–H and O–H groups in total. The average molecular weight is 396 g/mol. The molecule has 2 heterocycles. The SMILES string of the molecule is Cn1ccc(O)c(NC(=O)NC(CC(=O)O)c2cccc(-c3cc[nH]c3)c2)c1=O. The highest BCUT2D eigenvalue weighted by molar-refractivity contribution is 5.91. The van der Waals surface area contributed by atoms with Crippen molar-refractivity contribution in [2.24, 2.45) is 7.05 Å². The first-order chi connectivity index (χ1) is 13.8. The third kappa shape index (κ3) is 4.64. The quantitative estimate of drug-likeness (QED) is 0.436. The smallest absolute Gasteiger partial charge is 0.319 e. The fourth-order valence-electron chi connectivity index (χ4n) is 2.91. The second-order valence-electron chi connectivity index (χ2n) is 6.47. The maximum atomic E-state index is 12.4. The van der Waals surface area contributed by atoms with Crippen LogP contribution in [0.15, 0.2) is 59.8 Å². The zero-order valence-electron chi connectivity index (χ0n) is 15.5. The first kappa shape index (κ1) is 19.7. The van der Waals surface area contributed by atoms with Gasteiger partial charge in [-0.25, -0.2) is 4.79 Å². The summed E-state index contributed by atoms with van der Waals surface area (Å²) in [4.78, 5) is 38.8. The molecule has 1 atom stereocenters. The van der Waals surface area contributed by atoms with Crippen LogP contribution in [-0.2, 0) is 11.8 Å². The Morgan fingerprint density at radius 1 is 1.21 bits per heavy atom. The number of H-pyrrole nitrogens is 1. The lowest BCUT2D eigenvalue weighted by Crippen LogP contribution is -2.35. The third-order valence-electron chi connectivity index (χ3n) is 4.39. The minimum atomic E-state index is -1.10. The normalized spacial score (nSPS) is 11.6. The number of carbonyl (C=O) groups is 2. The Morgan fingerprint density at radius 2 is 2.00 bits per heavy atom. The first-order valence-electron chi connectivity index (χ1n) is 8.76. The predicted octanol–water partition coefficient (Wildman–Crippen LogP) is 2.42. The number of nitrogens with zero attached hydrogens (tertiary/aromatic N) is 1. The van der Waals surface area contributed by atoms with E-state index in [1.807, 2.05) is 12.1 Å². The zero-order chi connectivity index (χ0) is 21.0. The van der Waals surface area contributed by atoms with Crippen LogP contribution in [-0.4, -0.2) is 31.8 Å². The minimum absolute atomic E-state index is 0.289. The van der Waals surface area contributed by atoms with E-state index in [0.29, 0.717) is 5.56 Å². The molecule has 0 radical (unpaired) electrons. The lowest BCUT2D eigenvalue weighted by atomic mass is 9.99. The third-order valence-corrected chi connectivity index (χ3v) is 4.39. The van der Waals surface area contributed by atoms with Crippen LogP contribution in [0.3, 0.4) is 0 Å². The van der Waals surface area contributed by atoms with Crippen molar-refractivity contribution >= 4 is 17.7 Å². The van der Waals surface area contributed by atoms with Gasteiger partial charge in [-0.05, 0) is 34.9 Å². The van der Waals surface area contributed by atoms with E-state index in [-0.39, 0.29) is 17.9 Å². The summed E-state index contributed by atoms with van der Waals surface area (Å²) < 4.78 is 1.20. The molecule has 0 aliphatic heterocycles. The molecule has 3 aromatic rings. The molecular formula is C20H20N4O5. The lowest BCUT2D eigenvalue weighted by Gasteiger charge is -2.19. The van der Waals surface area contributed by atoms with Gasteiger partial charge in [-0.3, -0.25) is 9.59 Å². The van der Waals surface area contributed by atoms with Crippen LogP contribution in [0.1, 0.15) is 18.0 Å². The number of aryl methyl sites for hydroxylation is 1. The monoisotopic (exact) mass is 396 g/mol. The lowest BCUT2D eigenvalue weighted by molar-refractivity contribution is -0.137. The van der Waals surface area contributed by atoms with Crippen LogP contribution in [0.4, 0.5) is 10.5 Å². The Balaban J connectivity index is 1.84. The number of urea groups is 1. The van der Waals surface area contributed by atoms with Crippen molar-refractivity contribution in [1.82, 2.24) is 14.9 Å². The Hall–Kier alpha value is -4.01. The number of nitrogens with one attached hydrogen (secondary N) is 3. The molecule has 0 aliphatic carbocycles. The van der Waals surface area contributed by atoms with E-state index in [9.17, 15) is 24.6 Å². The van der Waals surface area contributed by atoms with Gasteiger partial charge in [-0.15, -0.1) is 0 Å². The number of aromatic hydroxyl groups is 1. The summed E-state index contributed by atoms with van der Waals surface area (Å²) in [6.45, 7) is 0. The molecule has 0 saturated heterocycles. The van der Waals surface area contributed by atoms with Gasteiger partial charge in [0.25, 0.3) is 5.56 Å². The number of carboxylic acid groups (broad SMARTS) is 1. The number of carbonyl (C=O) groups excluding carboxylic acids is 1. The molecule has 9 nitrogen and oxygen atoms in total. The molecule has 150 valence electrons. The molecule has 0 aliphatic rings. The van der Waals surface area contributed by atoms with Gasteiger partial charge in [0.1, 0.15) is 5.75 Å². The molecule has 0 spiro atoms. The van der Waals surface area contributed by atoms with Gasteiger partial charge in [-0.1, -0.05) is 18.2 Å². The van der Waals surface area contributed by atoms with Crippen molar-refractivity contribution in [3.63, 3.8) is 0 Å². The molecule has 0 bridgehead atoms. The van der Waals surface area contributed by atoms with Crippen LogP contribution in [0.2, 0.25) is 0 Å². The number of benzene rings is 1. The predicted molar refractivity (Wildman–Crippen MR) is 107 cm³/mol. The van der Waals surface area contributed by atoms with Gasteiger partial charge in [0.2, 0.25) is 0 Å². The molecule has 3 rings (SSSR count). The van der Waals surface area contributed by atoms with Crippen LogP contribution >= 0.6 is 0 Å². The van der Waals surface area contributed by atoms with Crippen molar-refractivity contribution in [2.45, 2.75) is 12.5 Å². The summed E-state index contributed by atoms with van der Waals surface area (Å²) in [5.74, 6) is -1.48. The van der Waals surface area contributed by atoms with Gasteiger partial charge in [-0.2, -0.15) is 0 Å². The van der Waals surface area contributed by atoms with Crippen LogP contribution in [0.25, 0.3) is 11.1 Å². The van der Waals surface area contributed by atoms with Crippen molar-refractivity contribution in [3.8, 4) is 16.9 Å². The highest BCUT2D eigenvalue weighted by Crippen LogP contribution is 2.25. The molecule has 9 heteroatoms. The van der Waals surface area contributed by atoms with Crippen molar-refractivity contribution in [1.29, 1.82) is 0 Å². The second kappa shape index (κ2) is 8.34. The van der Waals surface area contributed by atoms with Gasteiger partial charge < -0.3 is 30.4 Å². The molecule has 2 aromatic heterocycles. The topological polar surface area (TPSA) is 136 Å². The summed E-state index contributed by atoms with van der Waals surface area (Å²) >= 11 is 0. The van der Waals surface area contributed by atoms with Crippen LogP contribution in [0, 0.1) is 0 Å². The average Bonchev–Trinajstić information content (AvgIpc) is 3.22. The summed E-state index contributed by atoms with van der Waals surface area (Å²) in [5, 5.41) is 24.0. The number of hydrogen-bond acceptors (Lipinski definition) is 4. The number of pyridine rings is 1. The first-order valence-corrected chi connectivity index (χ1v) is 8.76. The summed E-state index contributed by atoms with van der Waals surface area (Å²) in [6.07, 6.45) is 4.58. The number of hydrogen-bond donors (Lipinski definition) is 5. The van der Waals surface area contributed by atoms with Gasteiger partial charge >= 0.3 is 12.0 Å². The van der Waals surface area contributed by atoms with Gasteiger partial charge in [0.05, 0.1) is 12.5 Å². The Bertz CT molecular complexity index is 1090. The molecule has 29 heavy (non-hydrogen) atoms. The molecule has 0 fully saturated rings. The molecule has 0 saturated carbocycles. The number of anilines is 1. The highest BCUT2D eigenvalue weighted by atomic mass is 16.4. The van der Waals surface area contributed by atoms with E-state index in [2.05, 4.69) is 15.6 Å². The fourth-order valence-corrected chi connectivity index (χ4v) is 2.91. The van der Waals surface area contributed by atoms with E-state index in [0.717, 1.165) is 11.1 Å². The van der Waals surface area contributed by atoms with E-state index >= 15 is 0 Å². The molecular weight excluding hydrogens is 376 g/mol. The van der Waals surface area contributed by atoms with Crippen molar-refractivity contribution in [2.75, 3.05) is 5.32 Å². The second-order valence-corrected chi connectivity index (χ2v) is 6.47. The number of amides is 2. The van der Waals surface area contributed by atoms with E-state index < -0.39 is 23.6 Å². The van der Waals surface area contributed by atoms with E-state index in [1.54, 1.807) is 30.6 Å². The number of aliphatic carboxylic acids is 1. The maximum Gasteiger partial charge on any atom is 0.319 e. The zero-order valence-corrected chi connectivity index (χ0v) is 15.5. The minimum Gasteiger partial charge on any atom is -0.505 e. The Morgan fingerprint density at radius 3 is 2.69 bits per heavy atom. The molecule has 2 amide bonds. The van der Waals surface area contributed by atoms with Crippen LogP contribution in [0.5, 0.6) is 5.75 Å². The number of aromatic nitrogens is 2. The maximum absolute atomic E-state index is 12.4. The largest absolute Gasteiger partial charge is 0.505 e. The molecule has 1 unspecified atom stereocenters. The number of carboxylic acids is 1. The number of rotatable bonds is 6. The summed E-state index contributed by atoms with van der Waals surface area (Å²) in [7, 11) is 1.48. The van der Waals surface area contributed by atoms with Crippen LogP contribution < -0.4 is 16.2 Å². The highest BCUT2D eigenvalue weighted by Gasteiger charge is 2.20. The van der Waals surface area contributed by atoms with Crippen molar-refractivity contribution < 1.29 is 19.8 Å². The molecule has 1 aromatic carbocycles. The summed E-state index contributed by atoms with van der Waals surface area (Å²) in [6, 6.07) is 8.63. The Labute approximate surface area is 165 Å². The van der Waals surface area contributed by atoms with Gasteiger partial charge in [0.15, 0.2) is 5.69 Å². The fraction of sp³-hybridized carbons (Fsp3) is 0.150.